The number of rotatable bonds is 4. The van der Waals surface area contributed by atoms with E-state index >= 15 is 0 Å². The van der Waals surface area contributed by atoms with Gasteiger partial charge in [0.1, 0.15) is 12.3 Å². The third-order valence-corrected chi connectivity index (χ3v) is 4.29. The van der Waals surface area contributed by atoms with Gasteiger partial charge in [-0.3, -0.25) is 14.4 Å². The summed E-state index contributed by atoms with van der Waals surface area (Å²) in [7, 11) is 0. The van der Waals surface area contributed by atoms with Crippen LogP contribution in [0.15, 0.2) is 0 Å². The fraction of sp³-hybridized carbons (Fsp3) is 0.733. The van der Waals surface area contributed by atoms with E-state index in [0.29, 0.717) is 0 Å². The Labute approximate surface area is 129 Å². The Bertz CT molecular complexity index is 506. The van der Waals surface area contributed by atoms with Crippen LogP contribution in [0, 0.1) is 5.92 Å². The van der Waals surface area contributed by atoms with Crippen molar-refractivity contribution in [2.24, 2.45) is 5.92 Å². The molecule has 1 saturated heterocycles. The highest BCUT2D eigenvalue weighted by Gasteiger charge is 2.47. The van der Waals surface area contributed by atoms with Gasteiger partial charge in [-0.2, -0.15) is 0 Å². The molecule has 1 heterocycles. The average molecular weight is 310 g/mol. The summed E-state index contributed by atoms with van der Waals surface area (Å²) < 4.78 is 4.92. The molecule has 1 aliphatic heterocycles. The summed E-state index contributed by atoms with van der Waals surface area (Å²) >= 11 is 0. The van der Waals surface area contributed by atoms with E-state index in [9.17, 15) is 19.2 Å². The first-order chi connectivity index (χ1) is 10.2. The zero-order valence-electron chi connectivity index (χ0n) is 13.2. The summed E-state index contributed by atoms with van der Waals surface area (Å²) in [6.07, 6.45) is 2.21. The molecule has 3 amide bonds. The maximum absolute atomic E-state index is 12.0. The van der Waals surface area contributed by atoms with E-state index in [4.69, 9.17) is 4.74 Å². The fourth-order valence-electron chi connectivity index (χ4n) is 2.92. The molecule has 1 saturated carbocycles. The molecule has 7 heteroatoms. The Hall–Kier alpha value is -1.92. The number of hydrogen-bond acceptors (Lipinski definition) is 5. The Kier molecular flexibility index (Phi) is 4.53. The van der Waals surface area contributed by atoms with E-state index in [1.165, 1.54) is 13.8 Å². The van der Waals surface area contributed by atoms with Gasteiger partial charge in [-0.25, -0.2) is 9.69 Å². The summed E-state index contributed by atoms with van der Waals surface area (Å²) in [4.78, 5) is 47.7. The number of nitrogens with one attached hydrogen (secondary N) is 1. The minimum absolute atomic E-state index is 0.00941. The van der Waals surface area contributed by atoms with Crippen LogP contribution in [0.25, 0.3) is 0 Å². The van der Waals surface area contributed by atoms with Gasteiger partial charge in [-0.1, -0.05) is 0 Å². The van der Waals surface area contributed by atoms with Crippen LogP contribution in [0.1, 0.15) is 46.5 Å². The first kappa shape index (κ1) is 16.5. The third kappa shape index (κ3) is 3.45. The Morgan fingerprint density at radius 1 is 1.23 bits per heavy atom. The van der Waals surface area contributed by atoms with Crippen molar-refractivity contribution >= 4 is 23.7 Å². The highest BCUT2D eigenvalue weighted by atomic mass is 16.6. The SMILES string of the molecule is CC(=O)C1CCC(NC(=O)CN2C(=O)OC(C)(C)C2=O)CC1. The highest BCUT2D eigenvalue weighted by Crippen LogP contribution is 2.25. The van der Waals surface area contributed by atoms with Gasteiger partial charge in [0.2, 0.25) is 5.91 Å². The van der Waals surface area contributed by atoms with E-state index in [1.54, 1.807) is 6.92 Å². The first-order valence-electron chi connectivity index (χ1n) is 7.55. The Balaban J connectivity index is 1.83. The first-order valence-corrected chi connectivity index (χ1v) is 7.55. The van der Waals surface area contributed by atoms with Crippen LogP contribution in [0.4, 0.5) is 4.79 Å². The second-order valence-corrected chi connectivity index (χ2v) is 6.50. The topological polar surface area (TPSA) is 92.8 Å². The van der Waals surface area contributed by atoms with Crippen LogP contribution in [0.3, 0.4) is 0 Å². The van der Waals surface area contributed by atoms with E-state index in [1.807, 2.05) is 0 Å². The molecule has 0 aromatic rings. The number of carbonyl (C=O) groups is 4. The predicted octanol–water partition coefficient (Wildman–Crippen LogP) is 1.01. The summed E-state index contributed by atoms with van der Waals surface area (Å²) in [5.74, 6) is -0.608. The number of amides is 3. The monoisotopic (exact) mass is 310 g/mol. The molecule has 22 heavy (non-hydrogen) atoms. The molecule has 2 aliphatic rings. The van der Waals surface area contributed by atoms with E-state index in [0.717, 1.165) is 30.6 Å². The molecule has 1 aliphatic carbocycles. The summed E-state index contributed by atoms with van der Waals surface area (Å²) in [6, 6.07) is -0.00941. The second-order valence-electron chi connectivity index (χ2n) is 6.50. The van der Waals surface area contributed by atoms with Gasteiger partial charge in [0.25, 0.3) is 5.91 Å². The van der Waals surface area contributed by atoms with Crippen molar-refractivity contribution in [1.29, 1.82) is 0 Å². The van der Waals surface area contributed by atoms with Crippen molar-refractivity contribution in [2.75, 3.05) is 6.54 Å². The molecule has 2 rings (SSSR count). The molecule has 1 N–H and O–H groups in total. The number of carbonyl (C=O) groups excluding carboxylic acids is 4. The van der Waals surface area contributed by atoms with Crippen molar-refractivity contribution in [3.05, 3.63) is 0 Å². The predicted molar refractivity (Wildman–Crippen MR) is 76.8 cm³/mol. The molecule has 2 fully saturated rings. The molecule has 0 bridgehead atoms. The number of nitrogens with zero attached hydrogens (tertiary/aromatic N) is 1. The number of Topliss-reactive ketones (excluding diaryl/α,β-unsaturated/α-hetero) is 1. The Morgan fingerprint density at radius 2 is 1.82 bits per heavy atom. The molecule has 0 radical (unpaired) electrons. The van der Waals surface area contributed by atoms with Gasteiger partial charge in [-0.15, -0.1) is 0 Å². The van der Waals surface area contributed by atoms with Gasteiger partial charge in [0.15, 0.2) is 5.60 Å². The van der Waals surface area contributed by atoms with Crippen molar-refractivity contribution in [1.82, 2.24) is 10.2 Å². The molecule has 122 valence electrons. The van der Waals surface area contributed by atoms with Crippen LogP contribution in [-0.4, -0.2) is 46.8 Å². The molecular formula is C15H22N2O5. The van der Waals surface area contributed by atoms with Gasteiger partial charge >= 0.3 is 6.09 Å². The van der Waals surface area contributed by atoms with Crippen LogP contribution >= 0.6 is 0 Å². The van der Waals surface area contributed by atoms with Gasteiger partial charge in [0.05, 0.1) is 0 Å². The van der Waals surface area contributed by atoms with Gasteiger partial charge in [-0.05, 0) is 46.5 Å². The number of imide groups is 1. The minimum atomic E-state index is -1.21. The number of ketones is 1. The van der Waals surface area contributed by atoms with Gasteiger partial charge < -0.3 is 10.1 Å². The normalized spacial score (nSPS) is 27.5. The molecule has 0 atom stereocenters. The molecular weight excluding hydrogens is 288 g/mol. The number of ether oxygens (including phenoxy) is 1. The van der Waals surface area contributed by atoms with Crippen LogP contribution in [-0.2, 0) is 19.1 Å². The maximum Gasteiger partial charge on any atom is 0.418 e. The van der Waals surface area contributed by atoms with Crippen LogP contribution in [0.5, 0.6) is 0 Å². The minimum Gasteiger partial charge on any atom is -0.433 e. The zero-order chi connectivity index (χ0) is 16.5. The fourth-order valence-corrected chi connectivity index (χ4v) is 2.92. The van der Waals surface area contributed by atoms with Crippen molar-refractivity contribution in [3.8, 4) is 0 Å². The molecule has 0 aromatic heterocycles. The Morgan fingerprint density at radius 3 is 2.27 bits per heavy atom. The molecule has 0 unspecified atom stereocenters. The number of hydrogen-bond donors (Lipinski definition) is 1. The zero-order valence-corrected chi connectivity index (χ0v) is 13.2. The third-order valence-electron chi connectivity index (χ3n) is 4.29. The highest BCUT2D eigenvalue weighted by molar-refractivity contribution is 6.04. The van der Waals surface area contributed by atoms with E-state index in [-0.39, 0.29) is 30.2 Å². The van der Waals surface area contributed by atoms with Crippen LogP contribution in [0.2, 0.25) is 0 Å². The lowest BCUT2D eigenvalue weighted by molar-refractivity contribution is -0.137. The van der Waals surface area contributed by atoms with Crippen LogP contribution < -0.4 is 5.32 Å². The van der Waals surface area contributed by atoms with Crippen molar-refractivity contribution in [2.45, 2.75) is 58.1 Å². The summed E-state index contributed by atoms with van der Waals surface area (Å²) in [6.45, 7) is 4.26. The smallest absolute Gasteiger partial charge is 0.418 e. The quantitative estimate of drug-likeness (QED) is 0.836. The molecule has 0 spiro atoms. The molecule has 0 aromatic carbocycles. The lowest BCUT2D eigenvalue weighted by atomic mass is 9.84. The summed E-state index contributed by atoms with van der Waals surface area (Å²) in [5, 5.41) is 2.82. The van der Waals surface area contributed by atoms with Crippen molar-refractivity contribution in [3.63, 3.8) is 0 Å². The lowest BCUT2D eigenvalue weighted by Gasteiger charge is -2.28. The van der Waals surface area contributed by atoms with E-state index < -0.39 is 17.6 Å². The van der Waals surface area contributed by atoms with Crippen molar-refractivity contribution < 1.29 is 23.9 Å². The summed E-state index contributed by atoms with van der Waals surface area (Å²) in [5.41, 5.74) is -1.21. The largest absolute Gasteiger partial charge is 0.433 e. The average Bonchev–Trinajstić information content (AvgIpc) is 2.61. The van der Waals surface area contributed by atoms with E-state index in [2.05, 4.69) is 5.32 Å². The standard InChI is InChI=1S/C15H22N2O5/c1-9(18)10-4-6-11(7-5-10)16-12(19)8-17-13(20)15(2,3)22-14(17)21/h10-11H,4-8H2,1-3H3,(H,16,19). The number of cyclic esters (lactones) is 1. The van der Waals surface area contributed by atoms with Gasteiger partial charge in [0, 0.05) is 12.0 Å². The lowest BCUT2D eigenvalue weighted by Crippen LogP contribution is -2.46. The second kappa shape index (κ2) is 6.06. The molecule has 7 nitrogen and oxygen atoms in total. The maximum atomic E-state index is 12.0.